The Balaban J connectivity index is 2.05. The Morgan fingerprint density at radius 2 is 1.56 bits per heavy atom. The minimum absolute atomic E-state index is 0.0588. The fraction of sp³-hybridized carbons (Fsp3) is 0.222. The van der Waals surface area contributed by atoms with Crippen molar-refractivity contribution in [3.05, 3.63) is 60.2 Å². The van der Waals surface area contributed by atoms with Crippen LogP contribution in [0.1, 0.15) is 24.2 Å². The first-order valence-electron chi connectivity index (χ1n) is 7.75. The van der Waals surface area contributed by atoms with Crippen molar-refractivity contribution in [3.63, 3.8) is 0 Å². The number of amides is 1. The molecule has 0 bridgehead atoms. The van der Waals surface area contributed by atoms with Crippen LogP contribution in [0.2, 0.25) is 0 Å². The van der Waals surface area contributed by atoms with Gasteiger partial charge in [0.15, 0.2) is 5.78 Å². The fourth-order valence-corrected chi connectivity index (χ4v) is 3.36. The third-order valence-corrected chi connectivity index (χ3v) is 5.12. The Kier molecular flexibility index (Phi) is 6.06. The summed E-state index contributed by atoms with van der Waals surface area (Å²) < 4.78 is 26.9. The Morgan fingerprint density at radius 3 is 2.08 bits per heavy atom. The first-order chi connectivity index (χ1) is 11.8. The quantitative estimate of drug-likeness (QED) is 0.768. The molecule has 132 valence electrons. The molecular weight excluding hydrogens is 340 g/mol. The van der Waals surface area contributed by atoms with Gasteiger partial charge in [0, 0.05) is 31.3 Å². The second-order valence-corrected chi connectivity index (χ2v) is 7.25. The number of benzene rings is 2. The number of sulfonamides is 1. The number of nitrogens with one attached hydrogen (secondary N) is 1. The maximum absolute atomic E-state index is 12.2. The highest BCUT2D eigenvalue weighted by Gasteiger charge is 2.16. The number of ketones is 1. The summed E-state index contributed by atoms with van der Waals surface area (Å²) in [5.74, 6) is -0.272. The van der Waals surface area contributed by atoms with Crippen LogP contribution in [-0.4, -0.2) is 33.2 Å². The van der Waals surface area contributed by atoms with E-state index in [0.717, 1.165) is 0 Å². The standard InChI is InChI=1S/C18H20N2O4S/c1-14(21)16-8-10-17(11-9-16)20(15(2)22)13-12-19-25(23,24)18-6-4-3-5-7-18/h3-11,19H,12-13H2,1-2H3. The molecule has 0 unspecified atom stereocenters. The van der Waals surface area contributed by atoms with Crippen molar-refractivity contribution in [1.29, 1.82) is 0 Å². The molecule has 0 saturated carbocycles. The van der Waals surface area contributed by atoms with Crippen LogP contribution in [0.4, 0.5) is 5.69 Å². The number of carbonyl (C=O) groups excluding carboxylic acids is 2. The third kappa shape index (κ3) is 4.98. The van der Waals surface area contributed by atoms with Crippen molar-refractivity contribution in [2.45, 2.75) is 18.7 Å². The van der Waals surface area contributed by atoms with E-state index >= 15 is 0 Å². The first-order valence-corrected chi connectivity index (χ1v) is 9.23. The van der Waals surface area contributed by atoms with E-state index in [1.54, 1.807) is 42.5 Å². The van der Waals surface area contributed by atoms with E-state index in [0.29, 0.717) is 11.3 Å². The number of anilines is 1. The van der Waals surface area contributed by atoms with Gasteiger partial charge in [0.05, 0.1) is 4.90 Å². The highest BCUT2D eigenvalue weighted by Crippen LogP contribution is 2.16. The predicted octanol–water partition coefficient (Wildman–Crippen LogP) is 2.22. The van der Waals surface area contributed by atoms with E-state index in [4.69, 9.17) is 0 Å². The second kappa shape index (κ2) is 8.04. The lowest BCUT2D eigenvalue weighted by atomic mass is 10.1. The van der Waals surface area contributed by atoms with Crippen LogP contribution < -0.4 is 9.62 Å². The van der Waals surface area contributed by atoms with Gasteiger partial charge in [-0.1, -0.05) is 18.2 Å². The molecule has 0 atom stereocenters. The van der Waals surface area contributed by atoms with E-state index in [2.05, 4.69) is 4.72 Å². The molecule has 25 heavy (non-hydrogen) atoms. The van der Waals surface area contributed by atoms with Gasteiger partial charge < -0.3 is 4.90 Å². The minimum Gasteiger partial charge on any atom is -0.311 e. The normalized spacial score (nSPS) is 11.1. The summed E-state index contributed by atoms with van der Waals surface area (Å²) in [5, 5.41) is 0. The molecule has 0 saturated heterocycles. The number of hydrogen-bond acceptors (Lipinski definition) is 4. The molecule has 1 N–H and O–H groups in total. The molecule has 2 rings (SSSR count). The molecule has 7 heteroatoms. The molecule has 0 spiro atoms. The van der Waals surface area contributed by atoms with Crippen LogP contribution in [0.25, 0.3) is 0 Å². The lowest BCUT2D eigenvalue weighted by molar-refractivity contribution is -0.116. The molecule has 1 amide bonds. The average Bonchev–Trinajstić information content (AvgIpc) is 2.59. The number of rotatable bonds is 7. The van der Waals surface area contributed by atoms with Crippen LogP contribution >= 0.6 is 0 Å². The summed E-state index contributed by atoms with van der Waals surface area (Å²) in [5.41, 5.74) is 1.16. The largest absolute Gasteiger partial charge is 0.311 e. The van der Waals surface area contributed by atoms with Crippen LogP contribution in [0.3, 0.4) is 0 Å². The summed E-state index contributed by atoms with van der Waals surface area (Å²) in [4.78, 5) is 24.8. The highest BCUT2D eigenvalue weighted by molar-refractivity contribution is 7.89. The van der Waals surface area contributed by atoms with E-state index in [-0.39, 0.29) is 29.7 Å². The Bertz CT molecular complexity index is 846. The topological polar surface area (TPSA) is 83.6 Å². The smallest absolute Gasteiger partial charge is 0.240 e. The Morgan fingerprint density at radius 1 is 0.960 bits per heavy atom. The molecule has 6 nitrogen and oxygen atoms in total. The van der Waals surface area contributed by atoms with Crippen molar-refractivity contribution in [3.8, 4) is 0 Å². The van der Waals surface area contributed by atoms with Crippen molar-refractivity contribution in [2.75, 3.05) is 18.0 Å². The number of nitrogens with zero attached hydrogens (tertiary/aromatic N) is 1. The van der Waals surface area contributed by atoms with E-state index in [1.807, 2.05) is 0 Å². The van der Waals surface area contributed by atoms with Crippen molar-refractivity contribution in [1.82, 2.24) is 4.72 Å². The summed E-state index contributed by atoms with van der Waals surface area (Å²) in [6.07, 6.45) is 0. The molecule has 0 aliphatic carbocycles. The molecule has 0 radical (unpaired) electrons. The average molecular weight is 360 g/mol. The molecule has 0 aliphatic heterocycles. The first kappa shape index (κ1) is 18.8. The summed E-state index contributed by atoms with van der Waals surface area (Å²) in [6.45, 7) is 3.13. The molecular formula is C18H20N2O4S. The molecule has 2 aromatic carbocycles. The second-order valence-electron chi connectivity index (χ2n) is 5.48. The highest BCUT2D eigenvalue weighted by atomic mass is 32.2. The van der Waals surface area contributed by atoms with Crippen molar-refractivity contribution < 1.29 is 18.0 Å². The summed E-state index contributed by atoms with van der Waals surface area (Å²) >= 11 is 0. The van der Waals surface area contributed by atoms with Crippen LogP contribution in [-0.2, 0) is 14.8 Å². The predicted molar refractivity (Wildman–Crippen MR) is 96.1 cm³/mol. The van der Waals surface area contributed by atoms with E-state index < -0.39 is 10.0 Å². The van der Waals surface area contributed by atoms with Crippen LogP contribution in [0, 0.1) is 0 Å². The SMILES string of the molecule is CC(=O)c1ccc(N(CCNS(=O)(=O)c2ccccc2)C(C)=O)cc1. The maximum Gasteiger partial charge on any atom is 0.240 e. The van der Waals surface area contributed by atoms with Crippen molar-refractivity contribution >= 4 is 27.4 Å². The minimum atomic E-state index is -3.61. The van der Waals surface area contributed by atoms with Gasteiger partial charge >= 0.3 is 0 Å². The number of hydrogen-bond donors (Lipinski definition) is 1. The van der Waals surface area contributed by atoms with E-state index in [9.17, 15) is 18.0 Å². The zero-order valence-electron chi connectivity index (χ0n) is 14.1. The van der Waals surface area contributed by atoms with Crippen LogP contribution in [0.15, 0.2) is 59.5 Å². The molecule has 0 fully saturated rings. The third-order valence-electron chi connectivity index (χ3n) is 3.65. The van der Waals surface area contributed by atoms with Gasteiger partial charge in [0.1, 0.15) is 0 Å². The zero-order valence-corrected chi connectivity index (χ0v) is 14.9. The van der Waals surface area contributed by atoms with Gasteiger partial charge in [0.2, 0.25) is 15.9 Å². The van der Waals surface area contributed by atoms with Gasteiger partial charge in [-0.15, -0.1) is 0 Å². The summed E-state index contributed by atoms with van der Waals surface area (Å²) in [7, 11) is -3.61. The Labute approximate surface area is 147 Å². The van der Waals surface area contributed by atoms with Crippen molar-refractivity contribution in [2.24, 2.45) is 0 Å². The zero-order chi connectivity index (χ0) is 18.4. The lowest BCUT2D eigenvalue weighted by Crippen LogP contribution is -2.37. The van der Waals surface area contributed by atoms with Gasteiger partial charge in [-0.25, -0.2) is 13.1 Å². The lowest BCUT2D eigenvalue weighted by Gasteiger charge is -2.21. The maximum atomic E-state index is 12.2. The monoisotopic (exact) mass is 360 g/mol. The fourth-order valence-electron chi connectivity index (χ4n) is 2.32. The molecule has 0 heterocycles. The van der Waals surface area contributed by atoms with Gasteiger partial charge in [-0.05, 0) is 43.3 Å². The number of carbonyl (C=O) groups is 2. The van der Waals surface area contributed by atoms with Crippen LogP contribution in [0.5, 0.6) is 0 Å². The van der Waals surface area contributed by atoms with E-state index in [1.165, 1.54) is 30.9 Å². The van der Waals surface area contributed by atoms with Gasteiger partial charge in [0.25, 0.3) is 0 Å². The Hall–Kier alpha value is -2.51. The van der Waals surface area contributed by atoms with Gasteiger partial charge in [-0.2, -0.15) is 0 Å². The number of Topliss-reactive ketones (excluding diaryl/α,β-unsaturated/α-hetero) is 1. The molecule has 0 aliphatic rings. The summed E-state index contributed by atoms with van der Waals surface area (Å²) in [6, 6.07) is 14.7. The van der Waals surface area contributed by atoms with Gasteiger partial charge in [-0.3, -0.25) is 9.59 Å². The molecule has 2 aromatic rings. The molecule has 0 aromatic heterocycles.